The van der Waals surface area contributed by atoms with Crippen molar-refractivity contribution in [3.8, 4) is 6.07 Å². The summed E-state index contributed by atoms with van der Waals surface area (Å²) in [7, 11) is 0. The summed E-state index contributed by atoms with van der Waals surface area (Å²) in [6.07, 6.45) is 13.8. The molecule has 0 aliphatic heterocycles. The molecule has 2 saturated carbocycles. The molecule has 2 rings (SSSR count). The molecule has 0 N–H and O–H groups in total. The van der Waals surface area contributed by atoms with Gasteiger partial charge in [-0.15, -0.1) is 0 Å². The zero-order chi connectivity index (χ0) is 12.1. The molecule has 2 aliphatic carbocycles. The Morgan fingerprint density at radius 3 is 1.88 bits per heavy atom. The van der Waals surface area contributed by atoms with Crippen LogP contribution in [0.15, 0.2) is 0 Å². The van der Waals surface area contributed by atoms with Crippen LogP contribution in [0.4, 0.5) is 0 Å². The summed E-state index contributed by atoms with van der Waals surface area (Å²) in [6.45, 7) is 2.31. The number of hydrogen-bond acceptors (Lipinski definition) is 1. The molecule has 1 heteroatoms. The van der Waals surface area contributed by atoms with Crippen LogP contribution < -0.4 is 0 Å². The largest absolute Gasteiger partial charge is 0.198 e. The van der Waals surface area contributed by atoms with Gasteiger partial charge in [-0.05, 0) is 56.3 Å². The lowest BCUT2D eigenvalue weighted by Crippen LogP contribution is -2.25. The average Bonchev–Trinajstić information content (AvgIpc) is 2.40. The van der Waals surface area contributed by atoms with Crippen LogP contribution in [0.5, 0.6) is 0 Å². The molecule has 0 bridgehead atoms. The fourth-order valence-electron chi connectivity index (χ4n) is 4.08. The number of hydrogen-bond donors (Lipinski definition) is 0. The first kappa shape index (κ1) is 12.9. The molecule has 1 nitrogen and oxygen atoms in total. The van der Waals surface area contributed by atoms with Crippen molar-refractivity contribution >= 4 is 0 Å². The van der Waals surface area contributed by atoms with Crippen LogP contribution >= 0.6 is 0 Å². The maximum absolute atomic E-state index is 8.93. The summed E-state index contributed by atoms with van der Waals surface area (Å²) in [6, 6.07) is 2.45. The van der Waals surface area contributed by atoms with E-state index in [9.17, 15) is 0 Å². The first-order chi connectivity index (χ1) is 8.33. The highest BCUT2D eigenvalue weighted by Crippen LogP contribution is 2.41. The molecule has 0 atom stereocenters. The summed E-state index contributed by atoms with van der Waals surface area (Å²) in [5.74, 6) is 3.37. The molecule has 0 unspecified atom stereocenters. The molecule has 0 aromatic rings. The molecule has 0 heterocycles. The minimum Gasteiger partial charge on any atom is -0.198 e. The summed E-state index contributed by atoms with van der Waals surface area (Å²) >= 11 is 0. The minimum atomic E-state index is 0.377. The predicted molar refractivity (Wildman–Crippen MR) is 71.4 cm³/mol. The zero-order valence-electron chi connectivity index (χ0n) is 11.3. The van der Waals surface area contributed by atoms with Gasteiger partial charge in [0, 0.05) is 5.92 Å². The van der Waals surface area contributed by atoms with Gasteiger partial charge in [0.2, 0.25) is 0 Å². The molecule has 0 aromatic carbocycles. The maximum atomic E-state index is 8.93. The van der Waals surface area contributed by atoms with Gasteiger partial charge in [0.25, 0.3) is 0 Å². The Morgan fingerprint density at radius 1 is 0.882 bits per heavy atom. The molecule has 0 radical (unpaired) electrons. The van der Waals surface area contributed by atoms with Gasteiger partial charge in [-0.1, -0.05) is 32.6 Å². The van der Waals surface area contributed by atoms with Crippen LogP contribution in [0.2, 0.25) is 0 Å². The normalized spacial score (nSPS) is 38.6. The maximum Gasteiger partial charge on any atom is 0.0655 e. The van der Waals surface area contributed by atoms with Crippen molar-refractivity contribution in [1.29, 1.82) is 5.26 Å². The third-order valence-corrected chi connectivity index (χ3v) is 5.21. The number of nitriles is 1. The van der Waals surface area contributed by atoms with Crippen molar-refractivity contribution in [2.75, 3.05) is 0 Å². The zero-order valence-corrected chi connectivity index (χ0v) is 11.3. The van der Waals surface area contributed by atoms with E-state index in [1.165, 1.54) is 64.2 Å². The van der Waals surface area contributed by atoms with E-state index in [-0.39, 0.29) is 0 Å². The fraction of sp³-hybridized carbons (Fsp3) is 0.938. The van der Waals surface area contributed by atoms with Gasteiger partial charge in [0.15, 0.2) is 0 Å². The van der Waals surface area contributed by atoms with Crippen molar-refractivity contribution in [1.82, 2.24) is 0 Å². The smallest absolute Gasteiger partial charge is 0.0655 e. The molecule has 0 aromatic heterocycles. The molecule has 2 fully saturated rings. The van der Waals surface area contributed by atoms with E-state index in [0.29, 0.717) is 5.92 Å². The van der Waals surface area contributed by atoms with Gasteiger partial charge in [0.05, 0.1) is 6.07 Å². The third-order valence-electron chi connectivity index (χ3n) is 5.21. The van der Waals surface area contributed by atoms with E-state index in [0.717, 1.165) is 17.8 Å². The Balaban J connectivity index is 1.72. The Morgan fingerprint density at radius 2 is 1.41 bits per heavy atom. The van der Waals surface area contributed by atoms with Crippen LogP contribution in [-0.4, -0.2) is 0 Å². The minimum absolute atomic E-state index is 0.377. The van der Waals surface area contributed by atoms with E-state index in [1.54, 1.807) is 0 Å². The lowest BCUT2D eigenvalue weighted by Gasteiger charge is -2.36. The Bertz CT molecular complexity index is 249. The quantitative estimate of drug-likeness (QED) is 0.678. The Labute approximate surface area is 107 Å². The van der Waals surface area contributed by atoms with Crippen LogP contribution in [0.1, 0.15) is 71.1 Å². The fourth-order valence-corrected chi connectivity index (χ4v) is 4.08. The standard InChI is InChI=1S/C16H27N/c1-2-3-13-4-8-15(9-5-13)16-10-6-14(12-17)7-11-16/h13-16H,2-11H2,1H3/t13-,14?,15-,16?. The topological polar surface area (TPSA) is 23.8 Å². The predicted octanol–water partition coefficient (Wildman–Crippen LogP) is 4.92. The van der Waals surface area contributed by atoms with Gasteiger partial charge in [-0.2, -0.15) is 5.26 Å². The van der Waals surface area contributed by atoms with Crippen molar-refractivity contribution in [2.45, 2.75) is 71.1 Å². The monoisotopic (exact) mass is 233 g/mol. The SMILES string of the molecule is CCC[C@H]1CC[C@H](C2CCC(C#N)CC2)CC1. The Kier molecular flexibility index (Phi) is 4.89. The molecule has 0 amide bonds. The number of nitrogens with zero attached hydrogens (tertiary/aromatic N) is 1. The summed E-state index contributed by atoms with van der Waals surface area (Å²) in [5, 5.41) is 8.93. The second-order valence-electron chi connectivity index (χ2n) is 6.31. The lowest BCUT2D eigenvalue weighted by molar-refractivity contribution is 0.153. The van der Waals surface area contributed by atoms with E-state index >= 15 is 0 Å². The second-order valence-corrected chi connectivity index (χ2v) is 6.31. The summed E-state index contributed by atoms with van der Waals surface area (Å²) in [4.78, 5) is 0. The van der Waals surface area contributed by atoms with Gasteiger partial charge in [-0.25, -0.2) is 0 Å². The molecule has 2 aliphatic rings. The molecular formula is C16H27N. The van der Waals surface area contributed by atoms with Gasteiger partial charge in [-0.3, -0.25) is 0 Å². The van der Waals surface area contributed by atoms with Crippen LogP contribution in [0, 0.1) is 35.0 Å². The first-order valence-corrected chi connectivity index (χ1v) is 7.73. The highest BCUT2D eigenvalue weighted by atomic mass is 14.4. The first-order valence-electron chi connectivity index (χ1n) is 7.73. The van der Waals surface area contributed by atoms with Crippen molar-refractivity contribution in [3.63, 3.8) is 0 Å². The highest BCUT2D eigenvalue weighted by Gasteiger charge is 2.30. The lowest BCUT2D eigenvalue weighted by atomic mass is 9.69. The highest BCUT2D eigenvalue weighted by molar-refractivity contribution is 4.89. The summed E-state index contributed by atoms with van der Waals surface area (Å²) < 4.78 is 0. The van der Waals surface area contributed by atoms with Crippen LogP contribution in [0.3, 0.4) is 0 Å². The molecule has 0 spiro atoms. The number of rotatable bonds is 3. The average molecular weight is 233 g/mol. The van der Waals surface area contributed by atoms with Crippen molar-refractivity contribution in [2.24, 2.45) is 23.7 Å². The van der Waals surface area contributed by atoms with E-state index in [4.69, 9.17) is 5.26 Å². The van der Waals surface area contributed by atoms with Gasteiger partial charge < -0.3 is 0 Å². The van der Waals surface area contributed by atoms with Crippen LogP contribution in [-0.2, 0) is 0 Å². The second kappa shape index (κ2) is 6.43. The third kappa shape index (κ3) is 3.47. The molecule has 17 heavy (non-hydrogen) atoms. The van der Waals surface area contributed by atoms with Gasteiger partial charge in [0.1, 0.15) is 0 Å². The van der Waals surface area contributed by atoms with Crippen LogP contribution in [0.25, 0.3) is 0 Å². The molecule has 0 saturated heterocycles. The van der Waals surface area contributed by atoms with Gasteiger partial charge >= 0.3 is 0 Å². The van der Waals surface area contributed by atoms with Crippen molar-refractivity contribution < 1.29 is 0 Å². The van der Waals surface area contributed by atoms with Crippen molar-refractivity contribution in [3.05, 3.63) is 0 Å². The van der Waals surface area contributed by atoms with E-state index < -0.39 is 0 Å². The van der Waals surface area contributed by atoms with E-state index in [1.807, 2.05) is 0 Å². The van der Waals surface area contributed by atoms with E-state index in [2.05, 4.69) is 13.0 Å². The molecular weight excluding hydrogens is 206 g/mol. The molecule has 96 valence electrons. The summed E-state index contributed by atoms with van der Waals surface area (Å²) in [5.41, 5.74) is 0. The Hall–Kier alpha value is -0.510.